The summed E-state index contributed by atoms with van der Waals surface area (Å²) in [6.45, 7) is 0. The number of nitrogen functional groups attached to an aromatic ring is 1. The second-order valence-corrected chi connectivity index (χ2v) is 6.28. The number of halogens is 3. The Labute approximate surface area is 147 Å². The van der Waals surface area contributed by atoms with E-state index in [1.807, 2.05) is 0 Å². The third kappa shape index (κ3) is 2.80. The van der Waals surface area contributed by atoms with Gasteiger partial charge in [-0.15, -0.1) is 5.10 Å². The van der Waals surface area contributed by atoms with Crippen molar-refractivity contribution in [2.24, 2.45) is 0 Å². The number of aromatic nitrogens is 3. The minimum Gasteiger partial charge on any atom is -0.366 e. The molecule has 0 saturated heterocycles. The lowest BCUT2D eigenvalue weighted by Gasteiger charge is -2.32. The molecule has 2 heterocycles. The number of fused-ring (bicyclic) bond motifs is 1. The van der Waals surface area contributed by atoms with Gasteiger partial charge in [0.1, 0.15) is 11.6 Å². The summed E-state index contributed by atoms with van der Waals surface area (Å²) in [6, 6.07) is 9.99. The average molecular weight is 362 g/mol. The number of nitrogens with two attached hydrogens (primary N) is 1. The van der Waals surface area contributed by atoms with Gasteiger partial charge in [-0.2, -0.15) is 4.98 Å². The van der Waals surface area contributed by atoms with Crippen LogP contribution in [0.25, 0.3) is 0 Å². The van der Waals surface area contributed by atoms with Crippen LogP contribution in [0.3, 0.4) is 0 Å². The number of nitrogens with one attached hydrogen (secondary N) is 1. The van der Waals surface area contributed by atoms with Crippen LogP contribution in [0, 0.1) is 11.6 Å². The Hall–Kier alpha value is -2.67. The zero-order chi connectivity index (χ0) is 17.6. The van der Waals surface area contributed by atoms with Gasteiger partial charge in [0.25, 0.3) is 0 Å². The molecule has 8 heteroatoms. The number of hydrogen-bond acceptors (Lipinski definition) is 4. The van der Waals surface area contributed by atoms with Crippen molar-refractivity contribution < 1.29 is 8.78 Å². The second-order valence-electron chi connectivity index (χ2n) is 5.87. The van der Waals surface area contributed by atoms with E-state index in [4.69, 9.17) is 17.3 Å². The largest absolute Gasteiger partial charge is 0.366 e. The van der Waals surface area contributed by atoms with E-state index >= 15 is 0 Å². The van der Waals surface area contributed by atoms with Gasteiger partial charge in [-0.05, 0) is 36.2 Å². The van der Waals surface area contributed by atoms with Gasteiger partial charge in [-0.1, -0.05) is 29.8 Å². The summed E-state index contributed by atoms with van der Waals surface area (Å²) in [5, 5.41) is 7.69. The van der Waals surface area contributed by atoms with Crippen molar-refractivity contribution in [3.8, 4) is 0 Å². The first-order chi connectivity index (χ1) is 12.0. The van der Waals surface area contributed by atoms with Crippen LogP contribution in [-0.2, 0) is 0 Å². The topological polar surface area (TPSA) is 68.8 Å². The van der Waals surface area contributed by atoms with Crippen LogP contribution in [0.15, 0.2) is 42.5 Å². The summed E-state index contributed by atoms with van der Waals surface area (Å²) in [4.78, 5) is 4.16. The molecule has 0 radical (unpaired) electrons. The molecule has 1 aliphatic rings. The van der Waals surface area contributed by atoms with Crippen molar-refractivity contribution in [1.82, 2.24) is 14.8 Å². The van der Waals surface area contributed by atoms with E-state index in [1.54, 1.807) is 28.9 Å². The maximum Gasteiger partial charge on any atom is 0.241 e. The van der Waals surface area contributed by atoms with Crippen molar-refractivity contribution in [2.45, 2.75) is 18.5 Å². The van der Waals surface area contributed by atoms with Crippen LogP contribution in [0.4, 0.5) is 20.7 Å². The van der Waals surface area contributed by atoms with Crippen LogP contribution in [0.1, 0.15) is 29.6 Å². The molecule has 0 unspecified atom stereocenters. The SMILES string of the molecule is Nc1nc2n(n1)[C@H](c1c(F)cccc1Cl)C[C@H](c1ccc(F)cc1)N2. The molecule has 5 nitrogen and oxygen atoms in total. The van der Waals surface area contributed by atoms with Crippen LogP contribution in [-0.4, -0.2) is 14.8 Å². The van der Waals surface area contributed by atoms with Crippen molar-refractivity contribution in [3.05, 3.63) is 70.2 Å². The summed E-state index contributed by atoms with van der Waals surface area (Å²) in [5.74, 6) is -0.236. The lowest BCUT2D eigenvalue weighted by molar-refractivity contribution is 0.416. The first kappa shape index (κ1) is 15.8. The van der Waals surface area contributed by atoms with Crippen LogP contribution >= 0.6 is 11.6 Å². The lowest BCUT2D eigenvalue weighted by atomic mass is 9.93. The van der Waals surface area contributed by atoms with Crippen LogP contribution < -0.4 is 11.1 Å². The predicted molar refractivity (Wildman–Crippen MR) is 91.4 cm³/mol. The summed E-state index contributed by atoms with van der Waals surface area (Å²) in [5.41, 5.74) is 6.91. The summed E-state index contributed by atoms with van der Waals surface area (Å²) < 4.78 is 29.2. The third-order valence-corrected chi connectivity index (χ3v) is 4.64. The fraction of sp³-hybridized carbons (Fsp3) is 0.176. The van der Waals surface area contributed by atoms with Gasteiger partial charge in [0.2, 0.25) is 11.9 Å². The minimum atomic E-state index is -0.482. The first-order valence-corrected chi connectivity index (χ1v) is 8.08. The normalized spacial score (nSPS) is 19.3. The van der Waals surface area contributed by atoms with E-state index < -0.39 is 11.9 Å². The second kappa shape index (κ2) is 6.00. The smallest absolute Gasteiger partial charge is 0.241 e. The predicted octanol–water partition coefficient (Wildman–Crippen LogP) is 3.94. The summed E-state index contributed by atoms with van der Waals surface area (Å²) in [6.07, 6.45) is 0.460. The number of benzene rings is 2. The molecule has 128 valence electrons. The molecule has 0 amide bonds. The van der Waals surface area contributed by atoms with Crippen LogP contribution in [0.2, 0.25) is 5.02 Å². The Morgan fingerprint density at radius 3 is 2.64 bits per heavy atom. The zero-order valence-electron chi connectivity index (χ0n) is 13.0. The van der Waals surface area contributed by atoms with E-state index in [0.717, 1.165) is 5.56 Å². The molecule has 1 aromatic heterocycles. The molecule has 0 fully saturated rings. The van der Waals surface area contributed by atoms with E-state index in [9.17, 15) is 8.78 Å². The van der Waals surface area contributed by atoms with E-state index in [-0.39, 0.29) is 17.8 Å². The molecule has 2 aromatic carbocycles. The Bertz CT molecular complexity index is 905. The molecular weight excluding hydrogens is 348 g/mol. The first-order valence-electron chi connectivity index (χ1n) is 7.71. The summed E-state index contributed by atoms with van der Waals surface area (Å²) in [7, 11) is 0. The monoisotopic (exact) mass is 361 g/mol. The standard InChI is InChI=1S/C17H14ClF2N5/c18-11-2-1-3-12(20)15(11)14-8-13(9-4-6-10(19)7-5-9)22-17-23-16(21)24-25(14)17/h1-7,13-14H,8H2,(H3,21,22,23,24)/t13-,14+/m1/s1. The van der Waals surface area contributed by atoms with Crippen molar-refractivity contribution in [1.29, 1.82) is 0 Å². The lowest BCUT2D eigenvalue weighted by Crippen LogP contribution is -2.28. The van der Waals surface area contributed by atoms with Crippen molar-refractivity contribution in [3.63, 3.8) is 0 Å². The van der Waals surface area contributed by atoms with Crippen LogP contribution in [0.5, 0.6) is 0 Å². The Kier molecular flexibility index (Phi) is 3.80. The molecular formula is C17H14ClF2N5. The Balaban J connectivity index is 1.81. The van der Waals surface area contributed by atoms with E-state index in [2.05, 4.69) is 15.4 Å². The molecule has 3 aromatic rings. The summed E-state index contributed by atoms with van der Waals surface area (Å²) >= 11 is 6.25. The fourth-order valence-corrected chi connectivity index (χ4v) is 3.47. The highest BCUT2D eigenvalue weighted by Gasteiger charge is 2.33. The highest BCUT2D eigenvalue weighted by molar-refractivity contribution is 6.31. The van der Waals surface area contributed by atoms with Gasteiger partial charge in [0.05, 0.1) is 12.1 Å². The van der Waals surface area contributed by atoms with Crippen molar-refractivity contribution >= 4 is 23.5 Å². The highest BCUT2D eigenvalue weighted by atomic mass is 35.5. The molecule has 3 N–H and O–H groups in total. The quantitative estimate of drug-likeness (QED) is 0.725. The number of anilines is 2. The number of rotatable bonds is 2. The maximum atomic E-state index is 14.5. The van der Waals surface area contributed by atoms with Gasteiger partial charge in [-0.25, -0.2) is 13.5 Å². The maximum absolute atomic E-state index is 14.5. The van der Waals surface area contributed by atoms with Gasteiger partial charge in [0, 0.05) is 10.6 Å². The molecule has 0 bridgehead atoms. The number of hydrogen-bond donors (Lipinski definition) is 2. The third-order valence-electron chi connectivity index (χ3n) is 4.31. The Morgan fingerprint density at radius 2 is 1.92 bits per heavy atom. The molecule has 25 heavy (non-hydrogen) atoms. The molecule has 2 atom stereocenters. The fourth-order valence-electron chi connectivity index (χ4n) is 3.18. The van der Waals surface area contributed by atoms with E-state index in [0.29, 0.717) is 23.0 Å². The van der Waals surface area contributed by atoms with Gasteiger partial charge < -0.3 is 11.1 Å². The van der Waals surface area contributed by atoms with Gasteiger partial charge in [0.15, 0.2) is 0 Å². The molecule has 0 spiro atoms. The molecule has 0 aliphatic carbocycles. The minimum absolute atomic E-state index is 0.0831. The molecule has 4 rings (SSSR count). The zero-order valence-corrected chi connectivity index (χ0v) is 13.7. The average Bonchev–Trinajstić information content (AvgIpc) is 2.95. The van der Waals surface area contributed by atoms with Gasteiger partial charge in [-0.3, -0.25) is 0 Å². The number of nitrogens with zero attached hydrogens (tertiary/aromatic N) is 3. The highest BCUT2D eigenvalue weighted by Crippen LogP contribution is 2.41. The Morgan fingerprint density at radius 1 is 1.16 bits per heavy atom. The van der Waals surface area contributed by atoms with E-state index in [1.165, 1.54) is 18.2 Å². The van der Waals surface area contributed by atoms with Crippen molar-refractivity contribution in [2.75, 3.05) is 11.1 Å². The molecule has 1 aliphatic heterocycles. The molecule has 0 saturated carbocycles. The van der Waals surface area contributed by atoms with Gasteiger partial charge >= 0.3 is 0 Å².